The monoisotopic (exact) mass is 501 g/mol. The molecular formula is C23H17Cl2N3O6. The van der Waals surface area contributed by atoms with Crippen LogP contribution in [0.15, 0.2) is 60.8 Å². The summed E-state index contributed by atoms with van der Waals surface area (Å²) in [5.41, 5.74) is 0.394. The number of nitrogens with one attached hydrogen (secondary N) is 1. The number of nitrogens with zero attached hydrogens (tertiary/aromatic N) is 2. The maximum atomic E-state index is 12.9. The Morgan fingerprint density at radius 2 is 1.65 bits per heavy atom. The van der Waals surface area contributed by atoms with Gasteiger partial charge in [-0.1, -0.05) is 47.5 Å². The molecule has 0 saturated carbocycles. The molecule has 11 heteroatoms. The second kappa shape index (κ2) is 9.09. The Morgan fingerprint density at radius 1 is 1.00 bits per heavy atom. The predicted molar refractivity (Wildman–Crippen MR) is 119 cm³/mol. The van der Waals surface area contributed by atoms with Crippen molar-refractivity contribution in [2.24, 2.45) is 0 Å². The Bertz CT molecular complexity index is 1330. The van der Waals surface area contributed by atoms with Crippen LogP contribution in [-0.4, -0.2) is 46.4 Å². The third kappa shape index (κ3) is 4.13. The topological polar surface area (TPSA) is 113 Å². The number of hydrogen-bond acceptors (Lipinski definition) is 8. The van der Waals surface area contributed by atoms with Crippen molar-refractivity contribution < 1.29 is 28.5 Å². The molecule has 0 aliphatic carbocycles. The summed E-state index contributed by atoms with van der Waals surface area (Å²) >= 11 is 12.2. The molecule has 0 radical (unpaired) electrons. The quantitative estimate of drug-likeness (QED) is 0.532. The van der Waals surface area contributed by atoms with Gasteiger partial charge in [0.2, 0.25) is 0 Å². The van der Waals surface area contributed by atoms with Crippen LogP contribution >= 0.6 is 23.2 Å². The van der Waals surface area contributed by atoms with Gasteiger partial charge in [0, 0.05) is 6.20 Å². The molecular weight excluding hydrogens is 485 g/mol. The van der Waals surface area contributed by atoms with Crippen LogP contribution < -0.4 is 10.2 Å². The van der Waals surface area contributed by atoms with Gasteiger partial charge in [-0.3, -0.25) is 9.98 Å². The van der Waals surface area contributed by atoms with Crippen molar-refractivity contribution in [3.63, 3.8) is 0 Å². The Balaban J connectivity index is 1.39. The lowest BCUT2D eigenvalue weighted by Gasteiger charge is -2.22. The van der Waals surface area contributed by atoms with E-state index < -0.39 is 36.5 Å². The number of carbonyl (C=O) groups excluding carboxylic acids is 2. The number of carbonyl (C=O) groups is 2. The normalized spacial score (nSPS) is 22.4. The zero-order chi connectivity index (χ0) is 23.8. The predicted octanol–water partition coefficient (Wildman–Crippen LogP) is 3.41. The minimum atomic E-state index is -0.955. The molecule has 2 aliphatic heterocycles. The molecule has 1 fully saturated rings. The van der Waals surface area contributed by atoms with Crippen molar-refractivity contribution >= 4 is 35.1 Å². The fraction of sp³-hybridized carbons (Fsp3) is 0.217. The highest BCUT2D eigenvalue weighted by Gasteiger charge is 2.54. The van der Waals surface area contributed by atoms with Gasteiger partial charge in [-0.15, -0.1) is 0 Å². The molecule has 2 aliphatic rings. The molecule has 5 rings (SSSR count). The van der Waals surface area contributed by atoms with E-state index in [0.29, 0.717) is 0 Å². The minimum Gasteiger partial charge on any atom is -0.459 e. The third-order valence-electron chi connectivity index (χ3n) is 5.44. The van der Waals surface area contributed by atoms with E-state index in [1.165, 1.54) is 12.1 Å². The van der Waals surface area contributed by atoms with Gasteiger partial charge in [0.1, 0.15) is 12.7 Å². The Labute approximate surface area is 203 Å². The summed E-state index contributed by atoms with van der Waals surface area (Å²) in [6.45, 7) is -0.221. The molecule has 9 nitrogen and oxygen atoms in total. The third-order valence-corrected chi connectivity index (χ3v) is 6.10. The van der Waals surface area contributed by atoms with E-state index in [4.69, 9.17) is 47.6 Å². The van der Waals surface area contributed by atoms with E-state index in [9.17, 15) is 9.59 Å². The molecule has 1 N–H and O–H groups in total. The van der Waals surface area contributed by atoms with Crippen LogP contribution in [0.3, 0.4) is 0 Å². The molecule has 4 atom stereocenters. The van der Waals surface area contributed by atoms with Crippen LogP contribution in [0.2, 0.25) is 10.0 Å². The van der Waals surface area contributed by atoms with Gasteiger partial charge >= 0.3 is 17.9 Å². The SMILES string of the molecule is N=c1ccn2c(n1)O[C@@H]1[C@H](OC(=O)c3ccccc3Cl)[C@@H](COC(=O)c3ccccc3Cl)O[C@H]12. The van der Waals surface area contributed by atoms with E-state index in [2.05, 4.69) is 4.98 Å². The average molecular weight is 502 g/mol. The highest BCUT2D eigenvalue weighted by Crippen LogP contribution is 2.40. The zero-order valence-electron chi connectivity index (χ0n) is 17.4. The maximum absolute atomic E-state index is 12.9. The number of fused-ring (bicyclic) bond motifs is 3. The molecule has 0 amide bonds. The highest BCUT2D eigenvalue weighted by molar-refractivity contribution is 6.34. The van der Waals surface area contributed by atoms with Crippen molar-refractivity contribution in [1.82, 2.24) is 9.55 Å². The van der Waals surface area contributed by atoms with Gasteiger partial charge in [-0.2, -0.15) is 4.98 Å². The van der Waals surface area contributed by atoms with E-state index in [0.717, 1.165) is 0 Å². The van der Waals surface area contributed by atoms with E-state index in [1.54, 1.807) is 53.2 Å². The highest BCUT2D eigenvalue weighted by atomic mass is 35.5. The van der Waals surface area contributed by atoms with Crippen molar-refractivity contribution in [3.05, 3.63) is 87.5 Å². The number of aromatic nitrogens is 2. The molecule has 1 saturated heterocycles. The number of esters is 2. The van der Waals surface area contributed by atoms with Crippen molar-refractivity contribution in [2.45, 2.75) is 24.5 Å². The first-order chi connectivity index (χ1) is 16.4. The molecule has 174 valence electrons. The molecule has 34 heavy (non-hydrogen) atoms. The van der Waals surface area contributed by atoms with Gasteiger partial charge < -0.3 is 18.9 Å². The van der Waals surface area contributed by atoms with Gasteiger partial charge in [-0.05, 0) is 30.3 Å². The second-order valence-electron chi connectivity index (χ2n) is 7.58. The number of ether oxygens (including phenoxy) is 4. The molecule has 2 aromatic carbocycles. The summed E-state index contributed by atoms with van der Waals surface area (Å²) in [7, 11) is 0. The van der Waals surface area contributed by atoms with Crippen molar-refractivity contribution in [1.29, 1.82) is 5.41 Å². The molecule has 1 aromatic heterocycles. The van der Waals surface area contributed by atoms with Crippen LogP contribution in [0.5, 0.6) is 6.01 Å². The Morgan fingerprint density at radius 3 is 2.32 bits per heavy atom. The van der Waals surface area contributed by atoms with E-state index in [-0.39, 0.29) is 39.3 Å². The first-order valence-electron chi connectivity index (χ1n) is 10.3. The fourth-order valence-electron chi connectivity index (χ4n) is 3.83. The van der Waals surface area contributed by atoms with E-state index >= 15 is 0 Å². The molecule has 3 heterocycles. The first-order valence-corrected chi connectivity index (χ1v) is 11.0. The number of rotatable bonds is 5. The summed E-state index contributed by atoms with van der Waals surface area (Å²) in [4.78, 5) is 29.5. The Hall–Kier alpha value is -3.40. The van der Waals surface area contributed by atoms with E-state index in [1.807, 2.05) is 0 Å². The molecule has 0 bridgehead atoms. The molecule has 0 spiro atoms. The first kappa shape index (κ1) is 22.4. The standard InChI is InChI=1S/C23H17Cl2N3O6/c24-14-7-3-1-5-12(14)21(29)31-11-16-18(33-22(30)13-6-2-4-8-15(13)25)19-20(32-16)28-10-9-17(26)27-23(28)34-19/h1-10,16,18-20,26H,11H2/t16-,18-,19-,20-/m1/s1. The van der Waals surface area contributed by atoms with Crippen LogP contribution in [0.4, 0.5) is 0 Å². The van der Waals surface area contributed by atoms with Crippen molar-refractivity contribution in [3.8, 4) is 6.01 Å². The van der Waals surface area contributed by atoms with Crippen LogP contribution in [-0.2, 0) is 14.2 Å². The summed E-state index contributed by atoms with van der Waals surface area (Å²) in [6, 6.07) is 14.6. The lowest BCUT2D eigenvalue weighted by atomic mass is 10.1. The molecule has 3 aromatic rings. The van der Waals surface area contributed by atoms with Crippen LogP contribution in [0.1, 0.15) is 26.9 Å². The fourth-order valence-corrected chi connectivity index (χ4v) is 4.25. The summed E-state index contributed by atoms with van der Waals surface area (Å²) in [6.07, 6.45) is -1.67. The van der Waals surface area contributed by atoms with Crippen molar-refractivity contribution in [2.75, 3.05) is 6.61 Å². The van der Waals surface area contributed by atoms with Gasteiger partial charge in [0.15, 0.2) is 23.9 Å². The number of halogens is 2. The summed E-state index contributed by atoms with van der Waals surface area (Å²) < 4.78 is 24.7. The Kier molecular flexibility index (Phi) is 5.99. The minimum absolute atomic E-state index is 0.0149. The largest absolute Gasteiger partial charge is 0.459 e. The smallest absolute Gasteiger partial charge is 0.340 e. The van der Waals surface area contributed by atoms with Crippen LogP contribution in [0, 0.1) is 5.41 Å². The average Bonchev–Trinajstić information content (AvgIpc) is 3.33. The zero-order valence-corrected chi connectivity index (χ0v) is 18.9. The second-order valence-corrected chi connectivity index (χ2v) is 8.39. The maximum Gasteiger partial charge on any atom is 0.340 e. The van der Waals surface area contributed by atoms with Gasteiger partial charge in [0.05, 0.1) is 21.2 Å². The lowest BCUT2D eigenvalue weighted by Crippen LogP contribution is -2.40. The number of hydrogen-bond donors (Lipinski definition) is 1. The molecule has 0 unspecified atom stereocenters. The lowest BCUT2D eigenvalue weighted by molar-refractivity contribution is -0.0574. The number of benzene rings is 2. The summed E-state index contributed by atoms with van der Waals surface area (Å²) in [5, 5.41) is 8.19. The van der Waals surface area contributed by atoms with Crippen LogP contribution in [0.25, 0.3) is 0 Å². The van der Waals surface area contributed by atoms with Gasteiger partial charge in [0.25, 0.3) is 0 Å². The summed E-state index contributed by atoms with van der Waals surface area (Å²) in [5.74, 6) is -1.32. The van der Waals surface area contributed by atoms with Gasteiger partial charge in [-0.25, -0.2) is 9.59 Å².